The Bertz CT molecular complexity index is 390. The van der Waals surface area contributed by atoms with Crippen molar-refractivity contribution in [3.8, 4) is 0 Å². The molecule has 0 atom stereocenters. The minimum Gasteiger partial charge on any atom is -0.224 e. The standard InChI is InChI=1S/C11H16O2S.C2H4/c1-3-4-5-10-6-8-11(9-7-10)14(2,12)13;1-2/h6-9H,3-5H2,1-2H3;1-2H2. The van der Waals surface area contributed by atoms with Crippen LogP contribution >= 0.6 is 0 Å². The van der Waals surface area contributed by atoms with Crippen molar-refractivity contribution in [2.45, 2.75) is 31.1 Å². The molecule has 3 heteroatoms. The molecule has 0 amide bonds. The van der Waals surface area contributed by atoms with Crippen LogP contribution in [0.4, 0.5) is 0 Å². The summed E-state index contributed by atoms with van der Waals surface area (Å²) in [7, 11) is -3.04. The summed E-state index contributed by atoms with van der Waals surface area (Å²) in [6.07, 6.45) is 4.57. The summed E-state index contributed by atoms with van der Waals surface area (Å²) in [5, 5.41) is 0. The average molecular weight is 240 g/mol. The highest BCUT2D eigenvalue weighted by Crippen LogP contribution is 2.11. The molecular weight excluding hydrogens is 220 g/mol. The first kappa shape index (κ1) is 14.9. The third-order valence-electron chi connectivity index (χ3n) is 2.17. The monoisotopic (exact) mass is 240 g/mol. The lowest BCUT2D eigenvalue weighted by Crippen LogP contribution is -1.96. The van der Waals surface area contributed by atoms with Gasteiger partial charge in [-0.3, -0.25) is 0 Å². The molecule has 0 heterocycles. The van der Waals surface area contributed by atoms with E-state index in [0.717, 1.165) is 19.3 Å². The van der Waals surface area contributed by atoms with E-state index in [9.17, 15) is 8.42 Å². The average Bonchev–Trinajstić information content (AvgIpc) is 2.28. The fraction of sp³-hybridized carbons (Fsp3) is 0.385. The lowest BCUT2D eigenvalue weighted by Gasteiger charge is -2.01. The van der Waals surface area contributed by atoms with Crippen LogP contribution in [0, 0.1) is 0 Å². The molecule has 0 aliphatic carbocycles. The molecule has 0 fully saturated rings. The summed E-state index contributed by atoms with van der Waals surface area (Å²) in [4.78, 5) is 0.401. The van der Waals surface area contributed by atoms with E-state index in [-0.39, 0.29) is 0 Å². The second-order valence-corrected chi connectivity index (χ2v) is 5.54. The minimum atomic E-state index is -3.04. The molecule has 2 nitrogen and oxygen atoms in total. The van der Waals surface area contributed by atoms with Crippen LogP contribution < -0.4 is 0 Å². The maximum absolute atomic E-state index is 11.2. The minimum absolute atomic E-state index is 0.401. The van der Waals surface area contributed by atoms with Crippen LogP contribution in [0.3, 0.4) is 0 Å². The van der Waals surface area contributed by atoms with Crippen molar-refractivity contribution < 1.29 is 8.42 Å². The molecule has 1 aromatic carbocycles. The van der Waals surface area contributed by atoms with Gasteiger partial charge in [0.05, 0.1) is 4.90 Å². The van der Waals surface area contributed by atoms with Crippen LogP contribution in [-0.2, 0) is 16.3 Å². The van der Waals surface area contributed by atoms with Crippen molar-refractivity contribution >= 4 is 9.84 Å². The number of benzene rings is 1. The quantitative estimate of drug-likeness (QED) is 0.757. The predicted octanol–water partition coefficient (Wildman–Crippen LogP) is 3.23. The summed E-state index contributed by atoms with van der Waals surface area (Å²) >= 11 is 0. The SMILES string of the molecule is C=C.CCCCc1ccc(S(C)(=O)=O)cc1. The van der Waals surface area contributed by atoms with Crippen molar-refractivity contribution in [1.82, 2.24) is 0 Å². The van der Waals surface area contributed by atoms with Gasteiger partial charge in [0, 0.05) is 6.26 Å². The number of unbranched alkanes of at least 4 members (excludes halogenated alkanes) is 1. The van der Waals surface area contributed by atoms with Gasteiger partial charge in [-0.2, -0.15) is 0 Å². The van der Waals surface area contributed by atoms with Crippen molar-refractivity contribution in [1.29, 1.82) is 0 Å². The zero-order valence-corrected chi connectivity index (χ0v) is 10.9. The van der Waals surface area contributed by atoms with Crippen LogP contribution in [0.2, 0.25) is 0 Å². The molecule has 1 rings (SSSR count). The molecule has 90 valence electrons. The van der Waals surface area contributed by atoms with E-state index in [1.807, 2.05) is 12.1 Å². The van der Waals surface area contributed by atoms with E-state index in [2.05, 4.69) is 20.1 Å². The van der Waals surface area contributed by atoms with Gasteiger partial charge < -0.3 is 0 Å². The lowest BCUT2D eigenvalue weighted by atomic mass is 10.1. The van der Waals surface area contributed by atoms with Gasteiger partial charge in [-0.25, -0.2) is 8.42 Å². The Morgan fingerprint density at radius 3 is 2.00 bits per heavy atom. The first-order chi connectivity index (χ1) is 7.54. The van der Waals surface area contributed by atoms with E-state index in [1.54, 1.807) is 12.1 Å². The first-order valence-corrected chi connectivity index (χ1v) is 7.22. The highest BCUT2D eigenvalue weighted by atomic mass is 32.2. The second-order valence-electron chi connectivity index (χ2n) is 3.52. The Kier molecular flexibility index (Phi) is 6.74. The highest BCUT2D eigenvalue weighted by molar-refractivity contribution is 7.90. The molecule has 0 unspecified atom stereocenters. The topological polar surface area (TPSA) is 34.1 Å². The Balaban J connectivity index is 0.00000106. The normalized spacial score (nSPS) is 10.4. The van der Waals surface area contributed by atoms with E-state index in [4.69, 9.17) is 0 Å². The Morgan fingerprint density at radius 1 is 1.12 bits per heavy atom. The number of rotatable bonds is 4. The molecule has 0 N–H and O–H groups in total. The molecule has 1 aromatic rings. The van der Waals surface area contributed by atoms with Crippen molar-refractivity contribution in [2.75, 3.05) is 6.26 Å². The number of sulfone groups is 1. The van der Waals surface area contributed by atoms with Crippen LogP contribution in [0.1, 0.15) is 25.3 Å². The molecule has 0 aliphatic rings. The molecule has 16 heavy (non-hydrogen) atoms. The zero-order valence-electron chi connectivity index (χ0n) is 10.1. The summed E-state index contributed by atoms with van der Waals surface area (Å²) in [6.45, 7) is 8.14. The maximum Gasteiger partial charge on any atom is 0.175 e. The van der Waals surface area contributed by atoms with Crippen molar-refractivity contribution in [3.05, 3.63) is 43.0 Å². The molecule has 0 saturated heterocycles. The van der Waals surface area contributed by atoms with Gasteiger partial charge in [0.2, 0.25) is 0 Å². The largest absolute Gasteiger partial charge is 0.224 e. The van der Waals surface area contributed by atoms with E-state index >= 15 is 0 Å². The first-order valence-electron chi connectivity index (χ1n) is 5.33. The van der Waals surface area contributed by atoms with E-state index in [1.165, 1.54) is 11.8 Å². The van der Waals surface area contributed by atoms with Gasteiger partial charge in [-0.05, 0) is 30.5 Å². The summed E-state index contributed by atoms with van der Waals surface area (Å²) < 4.78 is 22.3. The summed E-state index contributed by atoms with van der Waals surface area (Å²) in [5.74, 6) is 0. The van der Waals surface area contributed by atoms with Gasteiger partial charge in [0.15, 0.2) is 9.84 Å². The number of aryl methyl sites for hydroxylation is 1. The zero-order chi connectivity index (χ0) is 12.6. The van der Waals surface area contributed by atoms with Crippen LogP contribution in [0.5, 0.6) is 0 Å². The molecule has 0 saturated carbocycles. The third-order valence-corrected chi connectivity index (χ3v) is 3.30. The van der Waals surface area contributed by atoms with Gasteiger partial charge in [-0.15, -0.1) is 13.2 Å². The molecular formula is C13H20O2S. The Morgan fingerprint density at radius 2 is 1.62 bits per heavy atom. The lowest BCUT2D eigenvalue weighted by molar-refractivity contribution is 0.602. The number of hydrogen-bond donors (Lipinski definition) is 0. The predicted molar refractivity (Wildman–Crippen MR) is 69.4 cm³/mol. The number of hydrogen-bond acceptors (Lipinski definition) is 2. The van der Waals surface area contributed by atoms with Crippen molar-refractivity contribution in [3.63, 3.8) is 0 Å². The van der Waals surface area contributed by atoms with Gasteiger partial charge in [0.25, 0.3) is 0 Å². The summed E-state index contributed by atoms with van der Waals surface area (Å²) in [5.41, 5.74) is 1.21. The smallest absolute Gasteiger partial charge is 0.175 e. The van der Waals surface area contributed by atoms with Crippen LogP contribution in [-0.4, -0.2) is 14.7 Å². The molecule has 0 spiro atoms. The fourth-order valence-electron chi connectivity index (χ4n) is 1.28. The molecule has 0 bridgehead atoms. The third kappa shape index (κ3) is 5.12. The second kappa shape index (κ2) is 7.23. The van der Waals surface area contributed by atoms with Gasteiger partial charge in [0.1, 0.15) is 0 Å². The fourth-order valence-corrected chi connectivity index (χ4v) is 1.91. The maximum atomic E-state index is 11.2. The summed E-state index contributed by atoms with van der Waals surface area (Å²) in [6, 6.07) is 7.15. The van der Waals surface area contributed by atoms with E-state index in [0.29, 0.717) is 4.90 Å². The van der Waals surface area contributed by atoms with Crippen molar-refractivity contribution in [2.24, 2.45) is 0 Å². The Hall–Kier alpha value is -1.09. The van der Waals surface area contributed by atoms with Gasteiger partial charge in [-0.1, -0.05) is 25.5 Å². The molecule has 0 aromatic heterocycles. The van der Waals surface area contributed by atoms with Gasteiger partial charge >= 0.3 is 0 Å². The van der Waals surface area contributed by atoms with Crippen LogP contribution in [0.25, 0.3) is 0 Å². The molecule has 0 radical (unpaired) electrons. The highest BCUT2D eigenvalue weighted by Gasteiger charge is 2.05. The Labute approximate surface area is 98.9 Å². The molecule has 0 aliphatic heterocycles. The van der Waals surface area contributed by atoms with Crippen LogP contribution in [0.15, 0.2) is 42.3 Å². The van der Waals surface area contributed by atoms with E-state index < -0.39 is 9.84 Å².